The standard InChI is InChI=1S/C31H49N5O5/c1-6-7-13-33(14-8-18-36(3,4)5)28(37)22-35-21-25(23-9-10-27-24(20-23)12-19-41-27)29(30(38)39)26(35)11-15-34-17-16-32(2)31(34)40/h9-10,20,25-26,29H,6-8,11-19,21-22H2,1-5H3/p+1/t25-,26+,29?/m1/s1. The normalized spacial score (nSPS) is 22.8. The summed E-state index contributed by atoms with van der Waals surface area (Å²) in [6.07, 6.45) is 4.22. The molecule has 10 heteroatoms. The average Bonchev–Trinajstić information content (AvgIpc) is 3.61. The van der Waals surface area contributed by atoms with Gasteiger partial charge in [0.15, 0.2) is 0 Å². The molecule has 2 fully saturated rings. The Morgan fingerprint density at radius 2 is 1.90 bits per heavy atom. The van der Waals surface area contributed by atoms with Gasteiger partial charge in [0.1, 0.15) is 5.75 Å². The van der Waals surface area contributed by atoms with Crippen molar-refractivity contribution >= 4 is 17.9 Å². The number of carboxylic acid groups (broad SMARTS) is 1. The Morgan fingerprint density at radius 3 is 2.56 bits per heavy atom. The Hall–Kier alpha value is -2.85. The zero-order valence-electron chi connectivity index (χ0n) is 25.7. The minimum atomic E-state index is -0.845. The Kier molecular flexibility index (Phi) is 10.2. The monoisotopic (exact) mass is 572 g/mol. The van der Waals surface area contributed by atoms with Gasteiger partial charge in [0.05, 0.1) is 46.8 Å². The summed E-state index contributed by atoms with van der Waals surface area (Å²) in [5.74, 6) is -0.813. The highest BCUT2D eigenvalue weighted by Gasteiger charge is 2.47. The summed E-state index contributed by atoms with van der Waals surface area (Å²) in [7, 11) is 8.27. The van der Waals surface area contributed by atoms with Crippen LogP contribution in [0.1, 0.15) is 49.7 Å². The highest BCUT2D eigenvalue weighted by molar-refractivity contribution is 5.79. The lowest BCUT2D eigenvalue weighted by Crippen LogP contribution is -2.46. The van der Waals surface area contributed by atoms with Gasteiger partial charge in [0, 0.05) is 71.1 Å². The van der Waals surface area contributed by atoms with Gasteiger partial charge in [0.2, 0.25) is 5.91 Å². The first kappa shape index (κ1) is 31.1. The number of rotatable bonds is 14. The third-order valence-electron chi connectivity index (χ3n) is 8.90. The van der Waals surface area contributed by atoms with E-state index in [9.17, 15) is 19.5 Å². The predicted octanol–water partition coefficient (Wildman–Crippen LogP) is 2.57. The molecule has 0 aliphatic carbocycles. The number of amides is 3. The van der Waals surface area contributed by atoms with Crippen LogP contribution in [0.15, 0.2) is 18.2 Å². The Morgan fingerprint density at radius 1 is 1.15 bits per heavy atom. The maximum absolute atomic E-state index is 13.8. The minimum Gasteiger partial charge on any atom is -0.493 e. The van der Waals surface area contributed by atoms with Crippen LogP contribution in [0, 0.1) is 5.92 Å². The van der Waals surface area contributed by atoms with Crippen LogP contribution in [-0.4, -0.2) is 140 Å². The molecule has 0 radical (unpaired) electrons. The minimum absolute atomic E-state index is 0.0179. The van der Waals surface area contributed by atoms with Gasteiger partial charge < -0.3 is 29.0 Å². The van der Waals surface area contributed by atoms with Crippen molar-refractivity contribution in [3.05, 3.63) is 29.3 Å². The number of fused-ring (bicyclic) bond motifs is 1. The molecule has 0 bridgehead atoms. The van der Waals surface area contributed by atoms with E-state index in [0.717, 1.165) is 60.1 Å². The SMILES string of the molecule is CCCCN(CCC[N+](C)(C)C)C(=O)CN1C[C@H](c2ccc3c(c2)CCO3)C(C(=O)O)[C@@H]1CCN1CCN(C)C1=O. The number of ether oxygens (including phenoxy) is 1. The second-order valence-electron chi connectivity index (χ2n) is 13.0. The molecule has 1 aromatic carbocycles. The van der Waals surface area contributed by atoms with Gasteiger partial charge in [0.25, 0.3) is 0 Å². The van der Waals surface area contributed by atoms with Crippen LogP contribution < -0.4 is 4.74 Å². The molecule has 41 heavy (non-hydrogen) atoms. The smallest absolute Gasteiger partial charge is 0.319 e. The molecule has 3 heterocycles. The van der Waals surface area contributed by atoms with Gasteiger partial charge in [-0.2, -0.15) is 0 Å². The Balaban J connectivity index is 1.55. The van der Waals surface area contributed by atoms with E-state index in [1.807, 2.05) is 17.0 Å². The van der Waals surface area contributed by atoms with Crippen LogP contribution in [-0.2, 0) is 16.0 Å². The molecule has 0 saturated carbocycles. The van der Waals surface area contributed by atoms with Crippen molar-refractivity contribution < 1.29 is 28.7 Å². The second-order valence-corrected chi connectivity index (χ2v) is 13.0. The molecular formula is C31H50N5O5+. The van der Waals surface area contributed by atoms with Gasteiger partial charge in [-0.25, -0.2) is 4.79 Å². The molecule has 1 N–H and O–H groups in total. The van der Waals surface area contributed by atoms with Crippen LogP contribution in [0.25, 0.3) is 0 Å². The summed E-state index contributed by atoms with van der Waals surface area (Å²) in [5.41, 5.74) is 2.11. The predicted molar refractivity (Wildman–Crippen MR) is 158 cm³/mol. The fourth-order valence-corrected chi connectivity index (χ4v) is 6.55. The molecule has 3 aliphatic heterocycles. The molecule has 3 aliphatic rings. The summed E-state index contributed by atoms with van der Waals surface area (Å²) >= 11 is 0. The molecule has 10 nitrogen and oxygen atoms in total. The van der Waals surface area contributed by atoms with E-state index in [2.05, 4.69) is 39.0 Å². The number of quaternary nitrogens is 1. The first-order valence-electron chi connectivity index (χ1n) is 15.3. The number of benzene rings is 1. The number of carbonyl (C=O) groups excluding carboxylic acids is 2. The molecule has 3 atom stereocenters. The fraction of sp³-hybridized carbons (Fsp3) is 0.710. The van der Waals surface area contributed by atoms with Crippen molar-refractivity contribution in [2.75, 3.05) is 87.2 Å². The lowest BCUT2D eigenvalue weighted by atomic mass is 9.83. The fourth-order valence-electron chi connectivity index (χ4n) is 6.55. The second kappa shape index (κ2) is 13.4. The van der Waals surface area contributed by atoms with Gasteiger partial charge in [-0.1, -0.05) is 25.5 Å². The molecule has 0 aromatic heterocycles. The lowest BCUT2D eigenvalue weighted by Gasteiger charge is -2.31. The number of nitrogens with zero attached hydrogens (tertiary/aromatic N) is 5. The van der Waals surface area contributed by atoms with E-state index in [0.29, 0.717) is 45.8 Å². The summed E-state index contributed by atoms with van der Waals surface area (Å²) in [5, 5.41) is 10.5. The van der Waals surface area contributed by atoms with Gasteiger partial charge in [-0.3, -0.25) is 14.5 Å². The number of carbonyl (C=O) groups is 3. The number of hydrogen-bond donors (Lipinski definition) is 1. The van der Waals surface area contributed by atoms with Crippen molar-refractivity contribution in [1.29, 1.82) is 0 Å². The number of carboxylic acids is 1. The topological polar surface area (TPSA) is 93.6 Å². The van der Waals surface area contributed by atoms with E-state index in [-0.39, 0.29) is 30.4 Å². The van der Waals surface area contributed by atoms with E-state index < -0.39 is 11.9 Å². The molecule has 2 saturated heterocycles. The van der Waals surface area contributed by atoms with E-state index in [1.165, 1.54) is 0 Å². The van der Waals surface area contributed by atoms with Crippen molar-refractivity contribution in [2.45, 2.75) is 51.0 Å². The largest absolute Gasteiger partial charge is 0.493 e. The van der Waals surface area contributed by atoms with Crippen molar-refractivity contribution in [3.63, 3.8) is 0 Å². The van der Waals surface area contributed by atoms with Gasteiger partial charge >= 0.3 is 12.0 Å². The van der Waals surface area contributed by atoms with Crippen molar-refractivity contribution in [3.8, 4) is 5.75 Å². The van der Waals surface area contributed by atoms with Gasteiger partial charge in [-0.05, 0) is 30.0 Å². The van der Waals surface area contributed by atoms with Crippen molar-refractivity contribution in [1.82, 2.24) is 19.6 Å². The van der Waals surface area contributed by atoms with Crippen LogP contribution in [0.2, 0.25) is 0 Å². The van der Waals surface area contributed by atoms with Crippen LogP contribution in [0.5, 0.6) is 5.75 Å². The van der Waals surface area contributed by atoms with E-state index in [4.69, 9.17) is 4.74 Å². The molecule has 1 unspecified atom stereocenters. The van der Waals surface area contributed by atoms with E-state index in [1.54, 1.807) is 16.8 Å². The number of aliphatic carboxylic acids is 1. The first-order chi connectivity index (χ1) is 19.5. The zero-order valence-corrected chi connectivity index (χ0v) is 25.7. The van der Waals surface area contributed by atoms with Crippen LogP contribution in [0.4, 0.5) is 4.79 Å². The molecule has 228 valence electrons. The summed E-state index contributed by atoms with van der Waals surface area (Å²) in [4.78, 5) is 46.8. The Bertz CT molecular complexity index is 1090. The number of hydrogen-bond acceptors (Lipinski definition) is 5. The number of unbranched alkanes of at least 4 members (excludes halogenated alkanes) is 1. The maximum Gasteiger partial charge on any atom is 0.319 e. The summed E-state index contributed by atoms with van der Waals surface area (Å²) < 4.78 is 6.54. The molecule has 4 rings (SSSR count). The number of likely N-dealkylation sites (tertiary alicyclic amines) is 1. The molecule has 0 spiro atoms. The molecule has 1 aromatic rings. The average molecular weight is 573 g/mol. The summed E-state index contributed by atoms with van der Waals surface area (Å²) in [6.45, 7) is 7.68. The van der Waals surface area contributed by atoms with E-state index >= 15 is 0 Å². The number of likely N-dealkylation sites (N-methyl/N-ethyl adjacent to an activating group) is 1. The highest BCUT2D eigenvalue weighted by Crippen LogP contribution is 2.41. The van der Waals surface area contributed by atoms with Gasteiger partial charge in [-0.15, -0.1) is 0 Å². The van der Waals surface area contributed by atoms with Crippen LogP contribution in [0.3, 0.4) is 0 Å². The first-order valence-corrected chi connectivity index (χ1v) is 15.3. The molecular weight excluding hydrogens is 522 g/mol. The third kappa shape index (κ3) is 7.71. The summed E-state index contributed by atoms with van der Waals surface area (Å²) in [6, 6.07) is 5.69. The quantitative estimate of drug-likeness (QED) is 0.345. The Labute approximate surface area is 245 Å². The lowest BCUT2D eigenvalue weighted by molar-refractivity contribution is -0.870. The maximum atomic E-state index is 13.8. The van der Waals surface area contributed by atoms with Crippen LogP contribution >= 0.6 is 0 Å². The zero-order chi connectivity index (χ0) is 29.7. The van der Waals surface area contributed by atoms with Crippen molar-refractivity contribution in [2.24, 2.45) is 5.92 Å². The number of urea groups is 1. The molecule has 3 amide bonds. The highest BCUT2D eigenvalue weighted by atomic mass is 16.5. The third-order valence-corrected chi connectivity index (χ3v) is 8.90.